The highest BCUT2D eigenvalue weighted by Gasteiger charge is 2.29. The van der Waals surface area contributed by atoms with Crippen molar-refractivity contribution in [3.8, 4) is 0 Å². The number of aliphatic carboxylic acids is 1. The van der Waals surface area contributed by atoms with E-state index < -0.39 is 16.8 Å². The van der Waals surface area contributed by atoms with Crippen molar-refractivity contribution in [2.24, 2.45) is 5.92 Å². The lowest BCUT2D eigenvalue weighted by Gasteiger charge is -2.27. The normalized spacial score (nSPS) is 19.3. The first-order valence-electron chi connectivity index (χ1n) is 8.45. The molecule has 1 aliphatic carbocycles. The number of carboxylic acids is 1. The van der Waals surface area contributed by atoms with Crippen molar-refractivity contribution in [2.75, 3.05) is 10.6 Å². The Kier molecular flexibility index (Phi) is 5.70. The second-order valence-corrected chi connectivity index (χ2v) is 6.80. The number of hydrogen-bond donors (Lipinski definition) is 3. The van der Waals surface area contributed by atoms with E-state index in [0.29, 0.717) is 23.6 Å². The van der Waals surface area contributed by atoms with Gasteiger partial charge in [0.1, 0.15) is 6.20 Å². The van der Waals surface area contributed by atoms with E-state index in [1.165, 1.54) is 0 Å². The molecule has 2 unspecified atom stereocenters. The van der Waals surface area contributed by atoms with Crippen LogP contribution < -0.4 is 10.6 Å². The van der Waals surface area contributed by atoms with Gasteiger partial charge in [0.2, 0.25) is 11.8 Å². The molecule has 0 aliphatic heterocycles. The second kappa shape index (κ2) is 8.17. The summed E-state index contributed by atoms with van der Waals surface area (Å²) in [6.07, 6.45) is 3.61. The third-order valence-corrected chi connectivity index (χ3v) is 4.68. The standard InChI is InChI=1S/C17H18ClN5O4/c18-11-4-6-12(7-5-11)21-17-19-9-14(23(26)27)15(22-17)20-13-3-1-2-10(8-13)16(24)25/h4-7,9-10,13H,1-3,8H2,(H,24,25)(H2,19,20,21,22). The Hall–Kier alpha value is -2.94. The fourth-order valence-corrected chi connectivity index (χ4v) is 3.20. The molecule has 1 saturated carbocycles. The van der Waals surface area contributed by atoms with E-state index in [-0.39, 0.29) is 23.5 Å². The van der Waals surface area contributed by atoms with Gasteiger partial charge in [-0.15, -0.1) is 0 Å². The molecule has 0 saturated heterocycles. The molecule has 27 heavy (non-hydrogen) atoms. The molecular formula is C17H18ClN5O4. The summed E-state index contributed by atoms with van der Waals surface area (Å²) in [5, 5.41) is 27.1. The predicted octanol–water partition coefficient (Wildman–Crippen LogP) is 3.84. The van der Waals surface area contributed by atoms with Crippen LogP contribution in [0.1, 0.15) is 25.7 Å². The Labute approximate surface area is 159 Å². The summed E-state index contributed by atoms with van der Waals surface area (Å²) in [4.78, 5) is 30.2. The fourth-order valence-electron chi connectivity index (χ4n) is 3.08. The van der Waals surface area contributed by atoms with Crippen molar-refractivity contribution in [3.05, 3.63) is 45.6 Å². The Bertz CT molecular complexity index is 846. The minimum Gasteiger partial charge on any atom is -0.481 e. The molecule has 0 bridgehead atoms. The predicted molar refractivity (Wildman–Crippen MR) is 100 cm³/mol. The van der Waals surface area contributed by atoms with Crippen molar-refractivity contribution in [2.45, 2.75) is 31.7 Å². The topological polar surface area (TPSA) is 130 Å². The molecule has 3 rings (SSSR count). The Morgan fingerprint density at radius 2 is 2.04 bits per heavy atom. The number of carbonyl (C=O) groups is 1. The number of halogens is 1. The molecule has 10 heteroatoms. The van der Waals surface area contributed by atoms with E-state index >= 15 is 0 Å². The van der Waals surface area contributed by atoms with Crippen LogP contribution in [0.3, 0.4) is 0 Å². The molecule has 1 heterocycles. The third kappa shape index (κ3) is 4.82. The smallest absolute Gasteiger partial charge is 0.329 e. The number of hydrogen-bond acceptors (Lipinski definition) is 7. The van der Waals surface area contributed by atoms with Gasteiger partial charge in [0.15, 0.2) is 0 Å². The van der Waals surface area contributed by atoms with Gasteiger partial charge in [0.05, 0.1) is 10.8 Å². The fraction of sp³-hybridized carbons (Fsp3) is 0.353. The maximum Gasteiger partial charge on any atom is 0.329 e. The molecule has 3 N–H and O–H groups in total. The summed E-state index contributed by atoms with van der Waals surface area (Å²) >= 11 is 5.85. The molecule has 2 aromatic rings. The van der Waals surface area contributed by atoms with Gasteiger partial charge >= 0.3 is 11.7 Å². The van der Waals surface area contributed by atoms with Crippen LogP contribution >= 0.6 is 11.6 Å². The van der Waals surface area contributed by atoms with Gasteiger partial charge in [-0.1, -0.05) is 18.0 Å². The third-order valence-electron chi connectivity index (χ3n) is 4.43. The lowest BCUT2D eigenvalue weighted by molar-refractivity contribution is -0.384. The van der Waals surface area contributed by atoms with Crippen molar-refractivity contribution in [3.63, 3.8) is 0 Å². The first-order chi connectivity index (χ1) is 12.9. The number of benzene rings is 1. The van der Waals surface area contributed by atoms with Crippen LogP contribution in [-0.4, -0.2) is 32.0 Å². The maximum absolute atomic E-state index is 11.3. The monoisotopic (exact) mass is 391 g/mol. The van der Waals surface area contributed by atoms with E-state index in [2.05, 4.69) is 20.6 Å². The SMILES string of the molecule is O=C(O)C1CCCC(Nc2nc(Nc3ccc(Cl)cc3)ncc2[N+](=O)[O-])C1. The minimum atomic E-state index is -0.844. The molecule has 1 aromatic heterocycles. The minimum absolute atomic E-state index is 0.0718. The molecule has 0 radical (unpaired) electrons. The van der Waals surface area contributed by atoms with E-state index in [1.807, 2.05) is 0 Å². The van der Waals surface area contributed by atoms with Gasteiger partial charge in [-0.2, -0.15) is 4.98 Å². The van der Waals surface area contributed by atoms with Crippen LogP contribution in [0.15, 0.2) is 30.5 Å². The highest BCUT2D eigenvalue weighted by molar-refractivity contribution is 6.30. The lowest BCUT2D eigenvalue weighted by atomic mass is 9.86. The number of nitrogens with zero attached hydrogens (tertiary/aromatic N) is 3. The number of aromatic nitrogens is 2. The average Bonchev–Trinajstić information content (AvgIpc) is 2.64. The molecule has 1 aromatic carbocycles. The molecule has 1 aliphatic rings. The maximum atomic E-state index is 11.3. The number of rotatable bonds is 6. The quantitative estimate of drug-likeness (QED) is 0.500. The first kappa shape index (κ1) is 18.8. The molecule has 0 spiro atoms. The number of nitro groups is 1. The van der Waals surface area contributed by atoms with E-state index in [1.54, 1.807) is 24.3 Å². The average molecular weight is 392 g/mol. The molecule has 0 amide bonds. The summed E-state index contributed by atoms with van der Waals surface area (Å²) in [7, 11) is 0. The Morgan fingerprint density at radius 3 is 2.70 bits per heavy atom. The van der Waals surface area contributed by atoms with Gasteiger partial charge in [-0.25, -0.2) is 4.98 Å². The van der Waals surface area contributed by atoms with Crippen LogP contribution in [-0.2, 0) is 4.79 Å². The zero-order valence-corrected chi connectivity index (χ0v) is 15.0. The molecular weight excluding hydrogens is 374 g/mol. The summed E-state index contributed by atoms with van der Waals surface area (Å²) in [6, 6.07) is 6.67. The van der Waals surface area contributed by atoms with Crippen LogP contribution in [0.25, 0.3) is 0 Å². The van der Waals surface area contributed by atoms with Crippen molar-refractivity contribution >= 4 is 40.7 Å². The van der Waals surface area contributed by atoms with Gasteiger partial charge < -0.3 is 15.7 Å². The second-order valence-electron chi connectivity index (χ2n) is 6.36. The van der Waals surface area contributed by atoms with Gasteiger partial charge in [0, 0.05) is 16.8 Å². The zero-order valence-electron chi connectivity index (χ0n) is 14.3. The van der Waals surface area contributed by atoms with Crippen LogP contribution in [0.4, 0.5) is 23.1 Å². The highest BCUT2D eigenvalue weighted by Crippen LogP contribution is 2.30. The lowest BCUT2D eigenvalue weighted by Crippen LogP contribution is -2.31. The Balaban J connectivity index is 1.80. The first-order valence-corrected chi connectivity index (χ1v) is 8.83. The van der Waals surface area contributed by atoms with Crippen LogP contribution in [0.2, 0.25) is 5.02 Å². The highest BCUT2D eigenvalue weighted by atomic mass is 35.5. The van der Waals surface area contributed by atoms with Crippen molar-refractivity contribution in [1.29, 1.82) is 0 Å². The number of nitrogens with one attached hydrogen (secondary N) is 2. The van der Waals surface area contributed by atoms with Crippen molar-refractivity contribution < 1.29 is 14.8 Å². The summed E-state index contributed by atoms with van der Waals surface area (Å²) in [6.45, 7) is 0. The summed E-state index contributed by atoms with van der Waals surface area (Å²) in [5.41, 5.74) is 0.428. The molecule has 2 atom stereocenters. The van der Waals surface area contributed by atoms with Crippen molar-refractivity contribution in [1.82, 2.24) is 9.97 Å². The summed E-state index contributed by atoms with van der Waals surface area (Å²) in [5.74, 6) is -1.04. The van der Waals surface area contributed by atoms with Crippen LogP contribution in [0.5, 0.6) is 0 Å². The van der Waals surface area contributed by atoms with Crippen LogP contribution in [0, 0.1) is 16.0 Å². The van der Waals surface area contributed by atoms with Gasteiger partial charge in [-0.05, 0) is 43.5 Å². The Morgan fingerprint density at radius 1 is 1.30 bits per heavy atom. The van der Waals surface area contributed by atoms with Gasteiger partial charge in [0.25, 0.3) is 0 Å². The largest absolute Gasteiger partial charge is 0.481 e. The number of carboxylic acid groups (broad SMARTS) is 1. The zero-order chi connectivity index (χ0) is 19.4. The molecule has 9 nitrogen and oxygen atoms in total. The molecule has 1 fully saturated rings. The number of anilines is 3. The van der Waals surface area contributed by atoms with E-state index in [0.717, 1.165) is 19.0 Å². The van der Waals surface area contributed by atoms with Gasteiger partial charge in [-0.3, -0.25) is 14.9 Å². The summed E-state index contributed by atoms with van der Waals surface area (Å²) < 4.78 is 0. The molecule has 142 valence electrons. The van der Waals surface area contributed by atoms with E-state index in [9.17, 15) is 20.0 Å². The van der Waals surface area contributed by atoms with E-state index in [4.69, 9.17) is 11.6 Å².